The third-order valence-corrected chi connectivity index (χ3v) is 10.6. The van der Waals surface area contributed by atoms with Crippen molar-refractivity contribution in [1.82, 2.24) is 10.2 Å². The predicted molar refractivity (Wildman–Crippen MR) is 176 cm³/mol. The highest BCUT2D eigenvalue weighted by atomic mass is 35.5. The Bertz CT molecular complexity index is 1830. The van der Waals surface area contributed by atoms with Crippen molar-refractivity contribution < 1.29 is 45.6 Å². The summed E-state index contributed by atoms with van der Waals surface area (Å²) in [6.45, 7) is 0.222. The summed E-state index contributed by atoms with van der Waals surface area (Å²) in [5, 5.41) is 10.3. The average molecular weight is 731 g/mol. The van der Waals surface area contributed by atoms with Crippen LogP contribution >= 0.6 is 22.9 Å². The summed E-state index contributed by atoms with van der Waals surface area (Å²) in [6, 6.07) is 15.7. The number of carboxylic acids is 1. The van der Waals surface area contributed by atoms with Crippen molar-refractivity contribution in [3.63, 3.8) is 0 Å². The van der Waals surface area contributed by atoms with E-state index in [1.165, 1.54) is 0 Å². The fourth-order valence-corrected chi connectivity index (χ4v) is 7.60. The number of nitrogens with one attached hydrogen (secondary N) is 1. The quantitative estimate of drug-likeness (QED) is 0.178. The Morgan fingerprint density at radius 3 is 2.23 bits per heavy atom. The number of methoxy groups -OCH3 is 1. The van der Waals surface area contributed by atoms with Gasteiger partial charge in [0.15, 0.2) is 0 Å². The maximum atomic E-state index is 14.7. The van der Waals surface area contributed by atoms with Crippen molar-refractivity contribution in [2.24, 2.45) is 0 Å². The van der Waals surface area contributed by atoms with E-state index in [2.05, 4.69) is 5.32 Å². The van der Waals surface area contributed by atoms with Gasteiger partial charge in [0.2, 0.25) is 0 Å². The molecular weight excluding hydrogens is 699 g/mol. The zero-order valence-corrected chi connectivity index (χ0v) is 28.4. The fraction of sp³-hybridized carbons (Fsp3) is 0.333. The smallest absolute Gasteiger partial charge is 0.490 e. The summed E-state index contributed by atoms with van der Waals surface area (Å²) in [7, 11) is 2.39. The Hall–Kier alpha value is -3.59. The van der Waals surface area contributed by atoms with E-state index in [0.29, 0.717) is 11.8 Å². The number of ether oxygens (including phenoxy) is 1. The van der Waals surface area contributed by atoms with E-state index < -0.39 is 34.6 Å². The molecule has 1 aliphatic carbocycles. The van der Waals surface area contributed by atoms with E-state index >= 15 is 0 Å². The molecule has 4 aromatic rings. The topological polar surface area (TPSA) is 95.9 Å². The number of halogens is 6. The van der Waals surface area contributed by atoms with Gasteiger partial charge in [-0.2, -0.15) is 13.2 Å². The molecule has 1 amide bonds. The van der Waals surface area contributed by atoms with E-state index in [1.54, 1.807) is 18.3 Å². The SMILES string of the molecule is CNC1CCC(N(Cc2cc(-c3cccc(S(C)=O)c3)ccc2OC)C(=O)c2sc3c(F)ccc(F)c3c2Cl)CC1.O=C(O)C(F)(F)F. The standard InChI is InChI=1S/C31H31ClF2N2O3S2.C2HF3O2/c1-35-21-8-10-22(11-9-21)36(31(37)30-28(32)27-24(33)12-13-25(34)29(27)40-30)17-20-15-19(7-14-26(20)39-2)18-5-4-6-23(16-18)41(3)38;3-2(4,5)1(6)7/h4-7,12-16,21-22,35H,8-11,17H2,1-3H3;(H,6,7). The van der Waals surface area contributed by atoms with Gasteiger partial charge in [-0.3, -0.25) is 9.00 Å². The van der Waals surface area contributed by atoms with Crippen LogP contribution in [-0.4, -0.2) is 64.8 Å². The number of carboxylic acid groups (broad SMARTS) is 1. The van der Waals surface area contributed by atoms with E-state index in [9.17, 15) is 31.0 Å². The van der Waals surface area contributed by atoms with Gasteiger partial charge in [0, 0.05) is 46.1 Å². The molecule has 1 aliphatic rings. The fourth-order valence-electron chi connectivity index (χ4n) is 5.53. The molecule has 5 rings (SSSR count). The largest absolute Gasteiger partial charge is 0.496 e. The summed E-state index contributed by atoms with van der Waals surface area (Å²) >= 11 is 7.45. The van der Waals surface area contributed by atoms with Crippen LogP contribution in [0.25, 0.3) is 21.2 Å². The van der Waals surface area contributed by atoms with Gasteiger partial charge in [0.05, 0.1) is 22.2 Å². The Morgan fingerprint density at radius 2 is 1.67 bits per heavy atom. The molecule has 48 heavy (non-hydrogen) atoms. The average Bonchev–Trinajstić information content (AvgIpc) is 3.43. The normalized spacial score (nSPS) is 16.9. The van der Waals surface area contributed by atoms with Crippen LogP contribution < -0.4 is 10.1 Å². The van der Waals surface area contributed by atoms with Gasteiger partial charge in [-0.25, -0.2) is 13.6 Å². The number of hydrogen-bond acceptors (Lipinski definition) is 6. The molecule has 0 aliphatic heterocycles. The van der Waals surface area contributed by atoms with Crippen LogP contribution in [0, 0.1) is 11.6 Å². The molecule has 0 saturated heterocycles. The van der Waals surface area contributed by atoms with Gasteiger partial charge in [-0.15, -0.1) is 11.3 Å². The number of thiophene rings is 1. The number of nitrogens with zero attached hydrogens (tertiary/aromatic N) is 1. The van der Waals surface area contributed by atoms with Gasteiger partial charge >= 0.3 is 12.1 Å². The molecule has 2 N–H and O–H groups in total. The van der Waals surface area contributed by atoms with Gasteiger partial charge in [-0.05, 0) is 80.3 Å². The molecule has 0 spiro atoms. The number of amides is 1. The minimum Gasteiger partial charge on any atom is -0.496 e. The number of rotatable bonds is 8. The minimum atomic E-state index is -5.08. The molecule has 7 nitrogen and oxygen atoms in total. The molecule has 1 fully saturated rings. The number of alkyl halides is 3. The van der Waals surface area contributed by atoms with Gasteiger partial charge in [0.25, 0.3) is 5.91 Å². The Balaban J connectivity index is 0.000000671. The monoisotopic (exact) mass is 730 g/mol. The van der Waals surface area contributed by atoms with E-state index in [4.69, 9.17) is 26.2 Å². The van der Waals surface area contributed by atoms with Crippen LogP contribution in [0.1, 0.15) is 40.9 Å². The van der Waals surface area contributed by atoms with Crippen LogP contribution in [0.3, 0.4) is 0 Å². The first-order valence-corrected chi connectivity index (χ1v) is 17.4. The van der Waals surface area contributed by atoms with Crippen LogP contribution in [0.2, 0.25) is 5.02 Å². The first-order valence-electron chi connectivity index (χ1n) is 14.6. The van der Waals surface area contributed by atoms with E-state index in [0.717, 1.165) is 70.7 Å². The highest BCUT2D eigenvalue weighted by Crippen LogP contribution is 2.40. The third kappa shape index (κ3) is 8.52. The van der Waals surface area contributed by atoms with Gasteiger partial charge < -0.3 is 20.1 Å². The first-order chi connectivity index (χ1) is 22.7. The first kappa shape index (κ1) is 37.2. The van der Waals surface area contributed by atoms with E-state index in [1.807, 2.05) is 49.5 Å². The third-order valence-electron chi connectivity index (χ3n) is 8.05. The van der Waals surface area contributed by atoms with Crippen molar-refractivity contribution in [3.8, 4) is 16.9 Å². The second-order valence-electron chi connectivity index (χ2n) is 11.0. The van der Waals surface area contributed by atoms with Crippen LogP contribution in [0.4, 0.5) is 22.0 Å². The molecule has 1 saturated carbocycles. The summed E-state index contributed by atoms with van der Waals surface area (Å²) in [6.07, 6.45) is -0.107. The summed E-state index contributed by atoms with van der Waals surface area (Å²) in [5.74, 6) is -3.78. The van der Waals surface area contributed by atoms with Crippen LogP contribution in [0.5, 0.6) is 5.75 Å². The molecule has 1 heterocycles. The summed E-state index contributed by atoms with van der Waals surface area (Å²) in [4.78, 5) is 25.7. The van der Waals surface area contributed by atoms with E-state index in [-0.39, 0.29) is 38.5 Å². The number of aliphatic carboxylic acids is 1. The number of hydrogen-bond donors (Lipinski definition) is 2. The molecular formula is C33H32ClF5N2O5S2. The molecule has 3 aromatic carbocycles. The number of carbonyl (C=O) groups excluding carboxylic acids is 1. The number of benzene rings is 3. The van der Waals surface area contributed by atoms with Crippen molar-refractivity contribution in [2.75, 3.05) is 20.4 Å². The maximum absolute atomic E-state index is 14.7. The molecule has 1 atom stereocenters. The van der Waals surface area contributed by atoms with Crippen LogP contribution in [0.15, 0.2) is 59.5 Å². The second-order valence-corrected chi connectivity index (χ2v) is 13.8. The van der Waals surface area contributed by atoms with Crippen molar-refractivity contribution in [1.29, 1.82) is 0 Å². The molecule has 15 heteroatoms. The zero-order valence-electron chi connectivity index (χ0n) is 26.0. The highest BCUT2D eigenvalue weighted by molar-refractivity contribution is 7.84. The highest BCUT2D eigenvalue weighted by Gasteiger charge is 2.38. The zero-order chi connectivity index (χ0) is 35.3. The Kier molecular flexibility index (Phi) is 12.2. The van der Waals surface area contributed by atoms with Crippen molar-refractivity contribution >= 4 is 55.7 Å². The lowest BCUT2D eigenvalue weighted by molar-refractivity contribution is -0.192. The maximum Gasteiger partial charge on any atom is 0.490 e. The summed E-state index contributed by atoms with van der Waals surface area (Å²) in [5.41, 5.74) is 2.57. The van der Waals surface area contributed by atoms with Crippen LogP contribution in [-0.2, 0) is 22.1 Å². The van der Waals surface area contributed by atoms with Gasteiger partial charge in [-0.1, -0.05) is 29.8 Å². The number of fused-ring (bicyclic) bond motifs is 1. The number of carbonyl (C=O) groups is 2. The minimum absolute atomic E-state index is 0.0324. The summed E-state index contributed by atoms with van der Waals surface area (Å²) < 4.78 is 78.8. The lowest BCUT2D eigenvalue weighted by Crippen LogP contribution is -2.44. The molecule has 258 valence electrons. The van der Waals surface area contributed by atoms with Crippen molar-refractivity contribution in [3.05, 3.63) is 81.7 Å². The predicted octanol–water partition coefficient (Wildman–Crippen LogP) is 8.05. The Labute approximate surface area is 285 Å². The lowest BCUT2D eigenvalue weighted by atomic mass is 9.89. The molecule has 1 unspecified atom stereocenters. The molecule has 0 bridgehead atoms. The van der Waals surface area contributed by atoms with Crippen molar-refractivity contribution in [2.45, 2.75) is 55.4 Å². The lowest BCUT2D eigenvalue weighted by Gasteiger charge is -2.37. The van der Waals surface area contributed by atoms with Gasteiger partial charge in [0.1, 0.15) is 22.3 Å². The Morgan fingerprint density at radius 1 is 1.04 bits per heavy atom. The molecule has 1 aromatic heterocycles. The second kappa shape index (κ2) is 15.7. The molecule has 0 radical (unpaired) electrons.